The van der Waals surface area contributed by atoms with Crippen molar-refractivity contribution in [3.63, 3.8) is 0 Å². The van der Waals surface area contributed by atoms with Gasteiger partial charge in [-0.2, -0.15) is 0 Å². The van der Waals surface area contributed by atoms with Gasteiger partial charge in [-0.05, 0) is 24.3 Å². The summed E-state index contributed by atoms with van der Waals surface area (Å²) < 4.78 is 15.6. The van der Waals surface area contributed by atoms with E-state index in [1.165, 1.54) is 29.3 Å². The quantitative estimate of drug-likeness (QED) is 0.433. The van der Waals surface area contributed by atoms with Crippen molar-refractivity contribution >= 4 is 28.6 Å². The van der Waals surface area contributed by atoms with Crippen LogP contribution in [0.5, 0.6) is 0 Å². The molecule has 128 valence electrons. The smallest absolute Gasteiger partial charge is 0.266 e. The zero-order valence-electron chi connectivity index (χ0n) is 13.5. The van der Waals surface area contributed by atoms with E-state index in [4.69, 9.17) is 0 Å². The second-order valence-corrected chi connectivity index (χ2v) is 6.40. The van der Waals surface area contributed by atoms with Crippen molar-refractivity contribution in [2.24, 2.45) is 0 Å². The fraction of sp³-hybridized carbons (Fsp3) is 0.167. The van der Waals surface area contributed by atoms with Crippen molar-refractivity contribution in [2.75, 3.05) is 12.3 Å². The molecule has 1 N–H and O–H groups in total. The third kappa shape index (κ3) is 3.71. The van der Waals surface area contributed by atoms with Crippen molar-refractivity contribution in [1.29, 1.82) is 0 Å². The van der Waals surface area contributed by atoms with Crippen molar-refractivity contribution < 1.29 is 9.18 Å². The number of aromatic nitrogens is 2. The lowest BCUT2D eigenvalue weighted by atomic mass is 10.2. The molecule has 0 bridgehead atoms. The lowest BCUT2D eigenvalue weighted by Crippen LogP contribution is -2.25. The van der Waals surface area contributed by atoms with Crippen LogP contribution in [-0.4, -0.2) is 27.8 Å². The number of halogens is 1. The number of hydrogen-bond donors (Lipinski definition) is 1. The van der Waals surface area contributed by atoms with Gasteiger partial charge in [0.2, 0.25) is 5.91 Å². The lowest BCUT2D eigenvalue weighted by Gasteiger charge is -2.13. The Morgan fingerprint density at radius 3 is 2.68 bits per heavy atom. The van der Waals surface area contributed by atoms with Gasteiger partial charge in [-0.3, -0.25) is 14.2 Å². The summed E-state index contributed by atoms with van der Waals surface area (Å²) in [4.78, 5) is 28.4. The summed E-state index contributed by atoms with van der Waals surface area (Å²) in [5.74, 6) is -0.109. The Kier molecular flexibility index (Phi) is 5.14. The number of rotatable bonds is 5. The second kappa shape index (κ2) is 7.48. The van der Waals surface area contributed by atoms with Crippen LogP contribution in [0, 0.1) is 5.82 Å². The highest BCUT2D eigenvalue weighted by Crippen LogP contribution is 2.22. The molecular weight excluding hydrogens is 341 g/mol. The summed E-state index contributed by atoms with van der Waals surface area (Å²) in [7, 11) is 0. The number of carbonyl (C=O) groups is 1. The van der Waals surface area contributed by atoms with Crippen molar-refractivity contribution in [2.45, 2.75) is 12.1 Å². The predicted molar refractivity (Wildman–Crippen MR) is 96.7 cm³/mol. The Hall–Kier alpha value is -2.67. The number of carbonyl (C=O) groups excluding carboxylic acids is 1. The molecule has 1 aromatic heterocycles. The first-order valence-electron chi connectivity index (χ1n) is 7.72. The number of thioether (sulfide) groups is 1. The SMILES string of the molecule is CC(=O)NCCSc1nc2ccccc2c(=O)n1-c1ccccc1F. The predicted octanol–water partition coefficient (Wildman–Crippen LogP) is 2.75. The Bertz CT molecular complexity index is 987. The highest BCUT2D eigenvalue weighted by Gasteiger charge is 2.15. The number of nitrogens with one attached hydrogen (secondary N) is 1. The molecule has 0 aliphatic rings. The molecule has 0 saturated carbocycles. The average molecular weight is 357 g/mol. The molecule has 1 amide bonds. The van der Waals surface area contributed by atoms with Crippen LogP contribution in [0.1, 0.15) is 6.92 Å². The average Bonchev–Trinajstić information content (AvgIpc) is 2.60. The molecule has 7 heteroatoms. The third-order valence-electron chi connectivity index (χ3n) is 3.55. The summed E-state index contributed by atoms with van der Waals surface area (Å²) in [5.41, 5.74) is 0.396. The summed E-state index contributed by atoms with van der Waals surface area (Å²) in [5, 5.41) is 3.51. The van der Waals surface area contributed by atoms with Crippen LogP contribution in [0.2, 0.25) is 0 Å². The molecule has 0 unspecified atom stereocenters. The van der Waals surface area contributed by atoms with Gasteiger partial charge < -0.3 is 5.32 Å². The van der Waals surface area contributed by atoms with Crippen molar-refractivity contribution in [1.82, 2.24) is 14.9 Å². The van der Waals surface area contributed by atoms with Crippen LogP contribution in [0.15, 0.2) is 58.5 Å². The van der Waals surface area contributed by atoms with E-state index in [0.717, 1.165) is 0 Å². The summed E-state index contributed by atoms with van der Waals surface area (Å²) >= 11 is 1.29. The van der Waals surface area contributed by atoms with Crippen molar-refractivity contribution in [3.05, 3.63) is 64.7 Å². The molecule has 5 nitrogen and oxygen atoms in total. The van der Waals surface area contributed by atoms with E-state index < -0.39 is 5.82 Å². The number of fused-ring (bicyclic) bond motifs is 1. The normalized spacial score (nSPS) is 10.8. The maximum Gasteiger partial charge on any atom is 0.266 e. The van der Waals surface area contributed by atoms with Crippen molar-refractivity contribution in [3.8, 4) is 5.69 Å². The molecule has 0 atom stereocenters. The van der Waals surface area contributed by atoms with Crippen LogP contribution in [0.25, 0.3) is 16.6 Å². The maximum atomic E-state index is 14.3. The van der Waals surface area contributed by atoms with Gasteiger partial charge in [0.15, 0.2) is 5.16 Å². The highest BCUT2D eigenvalue weighted by molar-refractivity contribution is 7.99. The first-order valence-corrected chi connectivity index (χ1v) is 8.70. The van der Waals surface area contributed by atoms with Gasteiger partial charge in [0, 0.05) is 19.2 Å². The van der Waals surface area contributed by atoms with Gasteiger partial charge in [-0.15, -0.1) is 0 Å². The van der Waals surface area contributed by atoms with E-state index in [1.807, 2.05) is 0 Å². The van der Waals surface area contributed by atoms with E-state index >= 15 is 0 Å². The standard InChI is InChI=1S/C18H16FN3O2S/c1-12(23)20-10-11-25-18-21-15-8-4-2-6-13(15)17(24)22(18)16-9-5-3-7-14(16)19/h2-9H,10-11H2,1H3,(H,20,23). The summed E-state index contributed by atoms with van der Waals surface area (Å²) in [6, 6.07) is 13.1. The monoisotopic (exact) mass is 357 g/mol. The van der Waals surface area contributed by atoms with E-state index in [1.54, 1.807) is 42.5 Å². The van der Waals surface area contributed by atoms with Gasteiger partial charge >= 0.3 is 0 Å². The van der Waals surface area contributed by atoms with Gasteiger partial charge in [0.1, 0.15) is 5.82 Å². The van der Waals surface area contributed by atoms with Crippen LogP contribution in [0.3, 0.4) is 0 Å². The zero-order chi connectivity index (χ0) is 17.8. The minimum Gasteiger partial charge on any atom is -0.356 e. The fourth-order valence-corrected chi connectivity index (χ4v) is 3.28. The molecule has 0 fully saturated rings. The van der Waals surface area contributed by atoms with Crippen LogP contribution < -0.4 is 10.9 Å². The Morgan fingerprint density at radius 2 is 1.92 bits per heavy atom. The Morgan fingerprint density at radius 1 is 1.20 bits per heavy atom. The molecule has 0 spiro atoms. The second-order valence-electron chi connectivity index (χ2n) is 5.33. The molecule has 0 aliphatic heterocycles. The summed E-state index contributed by atoms with van der Waals surface area (Å²) in [6.07, 6.45) is 0. The summed E-state index contributed by atoms with van der Waals surface area (Å²) in [6.45, 7) is 1.87. The molecular formula is C18H16FN3O2S. The van der Waals surface area contributed by atoms with Gasteiger partial charge in [-0.1, -0.05) is 36.0 Å². The highest BCUT2D eigenvalue weighted by atomic mass is 32.2. The molecule has 25 heavy (non-hydrogen) atoms. The molecule has 1 heterocycles. The van der Waals surface area contributed by atoms with E-state index in [0.29, 0.717) is 28.4 Å². The number of hydrogen-bond acceptors (Lipinski definition) is 4. The van der Waals surface area contributed by atoms with Crippen LogP contribution >= 0.6 is 11.8 Å². The number of para-hydroxylation sites is 2. The van der Waals surface area contributed by atoms with Gasteiger partial charge in [-0.25, -0.2) is 9.37 Å². The molecule has 0 saturated heterocycles. The molecule has 3 aromatic rings. The van der Waals surface area contributed by atoms with E-state index in [9.17, 15) is 14.0 Å². The third-order valence-corrected chi connectivity index (χ3v) is 4.49. The Labute approximate surface area is 147 Å². The topological polar surface area (TPSA) is 64.0 Å². The van der Waals surface area contributed by atoms with Gasteiger partial charge in [0.05, 0.1) is 16.6 Å². The largest absolute Gasteiger partial charge is 0.356 e. The molecule has 2 aromatic carbocycles. The van der Waals surface area contributed by atoms with E-state index in [-0.39, 0.29) is 17.2 Å². The Balaban J connectivity index is 2.10. The van der Waals surface area contributed by atoms with E-state index in [2.05, 4.69) is 10.3 Å². The molecule has 3 rings (SSSR count). The number of amides is 1. The van der Waals surface area contributed by atoms with Crippen LogP contribution in [-0.2, 0) is 4.79 Å². The first kappa shape index (κ1) is 17.2. The minimum absolute atomic E-state index is 0.126. The maximum absolute atomic E-state index is 14.3. The number of nitrogens with zero attached hydrogens (tertiary/aromatic N) is 2. The fourth-order valence-electron chi connectivity index (χ4n) is 2.42. The molecule has 0 aliphatic carbocycles. The van der Waals surface area contributed by atoms with Crippen LogP contribution in [0.4, 0.5) is 4.39 Å². The first-order chi connectivity index (χ1) is 12.1. The zero-order valence-corrected chi connectivity index (χ0v) is 14.3. The van der Waals surface area contributed by atoms with Gasteiger partial charge in [0.25, 0.3) is 5.56 Å². The molecule has 0 radical (unpaired) electrons. The number of benzene rings is 2. The lowest BCUT2D eigenvalue weighted by molar-refractivity contribution is -0.118. The minimum atomic E-state index is -0.495.